The van der Waals surface area contributed by atoms with Gasteiger partial charge in [0.15, 0.2) is 5.78 Å². The summed E-state index contributed by atoms with van der Waals surface area (Å²) in [7, 11) is 0. The summed E-state index contributed by atoms with van der Waals surface area (Å²) in [6, 6.07) is 6.16. The molecule has 3 nitrogen and oxygen atoms in total. The van der Waals surface area contributed by atoms with E-state index in [1.165, 1.54) is 5.56 Å². The van der Waals surface area contributed by atoms with Gasteiger partial charge in [0.25, 0.3) is 0 Å². The van der Waals surface area contributed by atoms with Crippen molar-refractivity contribution in [3.8, 4) is 5.75 Å². The highest BCUT2D eigenvalue weighted by Gasteiger charge is 2.19. The Morgan fingerprint density at radius 3 is 3.28 bits per heavy atom. The molecule has 0 aliphatic carbocycles. The zero-order chi connectivity index (χ0) is 12.4. The molecule has 1 aromatic carbocycles. The molecule has 4 heteroatoms. The molecule has 0 aromatic heterocycles. The van der Waals surface area contributed by atoms with Crippen LogP contribution in [0.2, 0.25) is 0 Å². The van der Waals surface area contributed by atoms with Crippen LogP contribution in [0.1, 0.15) is 22.3 Å². The van der Waals surface area contributed by atoms with Crippen molar-refractivity contribution in [1.29, 1.82) is 0 Å². The van der Waals surface area contributed by atoms with Gasteiger partial charge in [0.05, 0.1) is 6.61 Å². The van der Waals surface area contributed by atoms with Gasteiger partial charge in [-0.25, -0.2) is 0 Å². The highest BCUT2D eigenvalue weighted by Crippen LogP contribution is 2.26. The monoisotopic (exact) mass is 263 g/mol. The third-order valence-electron chi connectivity index (χ3n) is 3.44. The van der Waals surface area contributed by atoms with Gasteiger partial charge in [0.1, 0.15) is 5.75 Å². The molecule has 1 aromatic rings. The molecule has 0 spiro atoms. The van der Waals surface area contributed by atoms with E-state index in [-0.39, 0.29) is 5.78 Å². The van der Waals surface area contributed by atoms with Crippen LogP contribution in [0.4, 0.5) is 0 Å². The van der Waals surface area contributed by atoms with Gasteiger partial charge in [-0.1, -0.05) is 0 Å². The largest absolute Gasteiger partial charge is 0.493 e. The van der Waals surface area contributed by atoms with E-state index in [9.17, 15) is 4.79 Å². The second-order valence-corrected chi connectivity index (χ2v) is 5.92. The van der Waals surface area contributed by atoms with E-state index in [1.807, 2.05) is 30.0 Å². The summed E-state index contributed by atoms with van der Waals surface area (Å²) in [6.07, 6.45) is 1.53. The van der Waals surface area contributed by atoms with Crippen molar-refractivity contribution in [1.82, 2.24) is 5.32 Å². The molecule has 1 atom stereocenters. The number of nitrogens with one attached hydrogen (secondary N) is 1. The van der Waals surface area contributed by atoms with Crippen molar-refractivity contribution in [3.63, 3.8) is 0 Å². The van der Waals surface area contributed by atoms with Crippen LogP contribution in [0.5, 0.6) is 5.75 Å². The number of hydrogen-bond acceptors (Lipinski definition) is 4. The lowest BCUT2D eigenvalue weighted by Gasteiger charge is -2.22. The van der Waals surface area contributed by atoms with Gasteiger partial charge < -0.3 is 10.1 Å². The number of rotatable bonds is 3. The number of fused-ring (bicyclic) bond motifs is 1. The Hall–Kier alpha value is -1.00. The Balaban J connectivity index is 1.68. The van der Waals surface area contributed by atoms with E-state index in [0.717, 1.165) is 42.4 Å². The number of hydrogen-bond donors (Lipinski definition) is 1. The van der Waals surface area contributed by atoms with Crippen LogP contribution in [0.25, 0.3) is 0 Å². The Morgan fingerprint density at radius 1 is 1.50 bits per heavy atom. The maximum absolute atomic E-state index is 12.2. The summed E-state index contributed by atoms with van der Waals surface area (Å²) in [5, 5.41) is 3.41. The molecular formula is C14H17NO2S. The summed E-state index contributed by atoms with van der Waals surface area (Å²) in [5.41, 5.74) is 2.00. The average molecular weight is 263 g/mol. The number of benzene rings is 1. The second-order valence-electron chi connectivity index (χ2n) is 4.77. The van der Waals surface area contributed by atoms with Gasteiger partial charge >= 0.3 is 0 Å². The van der Waals surface area contributed by atoms with Crippen molar-refractivity contribution in [3.05, 3.63) is 29.3 Å². The van der Waals surface area contributed by atoms with Crippen molar-refractivity contribution in [2.75, 3.05) is 24.7 Å². The fourth-order valence-electron chi connectivity index (χ4n) is 2.45. The van der Waals surface area contributed by atoms with Crippen molar-refractivity contribution in [2.24, 2.45) is 0 Å². The Bertz CT molecular complexity index is 455. The Morgan fingerprint density at radius 2 is 2.44 bits per heavy atom. The lowest BCUT2D eigenvalue weighted by molar-refractivity contribution is 0.0972. The zero-order valence-electron chi connectivity index (χ0n) is 10.3. The standard InChI is InChI=1S/C14H17NO2S/c16-13(8-12-9-18-6-4-15-12)10-1-2-14-11(7-10)3-5-17-14/h1-2,7,12,15H,3-6,8-9H2. The summed E-state index contributed by atoms with van der Waals surface area (Å²) in [4.78, 5) is 12.2. The van der Waals surface area contributed by atoms with Gasteiger partial charge in [0.2, 0.25) is 0 Å². The normalized spacial score (nSPS) is 22.3. The van der Waals surface area contributed by atoms with E-state index in [4.69, 9.17) is 4.74 Å². The van der Waals surface area contributed by atoms with Crippen LogP contribution in [-0.2, 0) is 6.42 Å². The summed E-state index contributed by atoms with van der Waals surface area (Å²) in [5.74, 6) is 3.38. The molecular weight excluding hydrogens is 246 g/mol. The summed E-state index contributed by atoms with van der Waals surface area (Å²) >= 11 is 1.93. The van der Waals surface area contributed by atoms with Crippen molar-refractivity contribution in [2.45, 2.75) is 18.9 Å². The third kappa shape index (κ3) is 2.54. The predicted octanol–water partition coefficient (Wildman–Crippen LogP) is 1.90. The first-order valence-corrected chi connectivity index (χ1v) is 7.58. The Labute approximate surface area is 111 Å². The molecule has 1 saturated heterocycles. The van der Waals surface area contributed by atoms with Crippen molar-refractivity contribution < 1.29 is 9.53 Å². The maximum Gasteiger partial charge on any atom is 0.164 e. The van der Waals surface area contributed by atoms with Crippen LogP contribution < -0.4 is 10.1 Å². The molecule has 1 N–H and O–H groups in total. The minimum absolute atomic E-state index is 0.240. The lowest BCUT2D eigenvalue weighted by atomic mass is 10.0. The van der Waals surface area contributed by atoms with Crippen molar-refractivity contribution >= 4 is 17.5 Å². The molecule has 3 rings (SSSR count). The average Bonchev–Trinajstić information content (AvgIpc) is 2.87. The summed E-state index contributed by atoms with van der Waals surface area (Å²) in [6.45, 7) is 1.76. The van der Waals surface area contributed by atoms with Gasteiger partial charge in [-0.2, -0.15) is 11.8 Å². The third-order valence-corrected chi connectivity index (χ3v) is 4.57. The fraction of sp³-hybridized carbons (Fsp3) is 0.500. The van der Waals surface area contributed by atoms with E-state index >= 15 is 0 Å². The first kappa shape index (κ1) is 12.1. The number of ether oxygens (including phenoxy) is 1. The highest BCUT2D eigenvalue weighted by molar-refractivity contribution is 7.99. The van der Waals surface area contributed by atoms with Crippen LogP contribution in [0.15, 0.2) is 18.2 Å². The molecule has 0 bridgehead atoms. The zero-order valence-corrected chi connectivity index (χ0v) is 11.1. The first-order chi connectivity index (χ1) is 8.83. The van der Waals surface area contributed by atoms with Gasteiger partial charge in [-0.15, -0.1) is 0 Å². The van der Waals surface area contributed by atoms with E-state index in [0.29, 0.717) is 12.5 Å². The lowest BCUT2D eigenvalue weighted by Crippen LogP contribution is -2.38. The number of carbonyl (C=O) groups is 1. The SMILES string of the molecule is O=C(CC1CSCCN1)c1ccc2c(c1)CCO2. The predicted molar refractivity (Wildman–Crippen MR) is 73.7 cm³/mol. The molecule has 2 heterocycles. The fourth-order valence-corrected chi connectivity index (χ4v) is 3.40. The summed E-state index contributed by atoms with van der Waals surface area (Å²) < 4.78 is 5.46. The molecule has 0 saturated carbocycles. The Kier molecular flexibility index (Phi) is 3.57. The van der Waals surface area contributed by atoms with Gasteiger partial charge in [-0.3, -0.25) is 4.79 Å². The van der Waals surface area contributed by atoms with Crippen LogP contribution in [-0.4, -0.2) is 36.5 Å². The quantitative estimate of drug-likeness (QED) is 0.845. The first-order valence-electron chi connectivity index (χ1n) is 6.43. The molecule has 0 radical (unpaired) electrons. The minimum atomic E-state index is 0.240. The van der Waals surface area contributed by atoms with E-state index < -0.39 is 0 Å². The molecule has 96 valence electrons. The molecule has 1 unspecified atom stereocenters. The van der Waals surface area contributed by atoms with E-state index in [1.54, 1.807) is 0 Å². The highest BCUT2D eigenvalue weighted by atomic mass is 32.2. The van der Waals surface area contributed by atoms with Gasteiger partial charge in [0, 0.05) is 42.5 Å². The number of carbonyl (C=O) groups excluding carboxylic acids is 1. The van der Waals surface area contributed by atoms with Crippen LogP contribution in [0.3, 0.4) is 0 Å². The number of thioether (sulfide) groups is 1. The molecule has 0 amide bonds. The topological polar surface area (TPSA) is 38.3 Å². The minimum Gasteiger partial charge on any atom is -0.493 e. The number of ketones is 1. The molecule has 2 aliphatic rings. The van der Waals surface area contributed by atoms with Crippen LogP contribution in [0, 0.1) is 0 Å². The van der Waals surface area contributed by atoms with Gasteiger partial charge in [-0.05, 0) is 23.8 Å². The smallest absolute Gasteiger partial charge is 0.164 e. The van der Waals surface area contributed by atoms with E-state index in [2.05, 4.69) is 5.32 Å². The molecule has 18 heavy (non-hydrogen) atoms. The second kappa shape index (κ2) is 5.33. The molecule has 1 fully saturated rings. The number of Topliss-reactive ketones (excluding diaryl/α,β-unsaturated/α-hetero) is 1. The molecule has 2 aliphatic heterocycles. The van der Waals surface area contributed by atoms with Crippen LogP contribution >= 0.6 is 11.8 Å². The maximum atomic E-state index is 12.2.